The lowest BCUT2D eigenvalue weighted by Gasteiger charge is -2.15. The number of aryl methyl sites for hydroxylation is 1. The molecule has 198 valence electrons. The lowest BCUT2D eigenvalue weighted by Crippen LogP contribution is -2.23. The van der Waals surface area contributed by atoms with Crippen molar-refractivity contribution in [3.05, 3.63) is 93.6 Å². The molecular weight excluding hydrogens is 534 g/mol. The molecular formula is C27H20ClN9O3. The van der Waals surface area contributed by atoms with Gasteiger partial charge < -0.3 is 14.7 Å². The number of tetrazole rings is 1. The van der Waals surface area contributed by atoms with E-state index in [0.717, 1.165) is 39.0 Å². The number of aromatic nitrogens is 9. The van der Waals surface area contributed by atoms with Crippen molar-refractivity contribution in [3.63, 3.8) is 0 Å². The summed E-state index contributed by atoms with van der Waals surface area (Å²) in [6.45, 7) is 0. The number of carboxylic acids is 1. The summed E-state index contributed by atoms with van der Waals surface area (Å²) in [7, 11) is 0. The fourth-order valence-electron chi connectivity index (χ4n) is 5.39. The van der Waals surface area contributed by atoms with Gasteiger partial charge in [-0.2, -0.15) is 9.78 Å². The van der Waals surface area contributed by atoms with Crippen molar-refractivity contribution in [1.29, 1.82) is 0 Å². The van der Waals surface area contributed by atoms with Crippen molar-refractivity contribution in [2.45, 2.75) is 25.3 Å². The molecule has 0 aliphatic carbocycles. The molecule has 0 saturated carbocycles. The quantitative estimate of drug-likeness (QED) is 0.282. The first-order chi connectivity index (χ1) is 19.4. The number of benzene rings is 2. The number of carbonyl (C=O) groups is 1. The fourth-order valence-corrected chi connectivity index (χ4v) is 5.56. The normalized spacial score (nSPS) is 14.6. The zero-order valence-corrected chi connectivity index (χ0v) is 21.5. The second-order valence-corrected chi connectivity index (χ2v) is 10.0. The molecule has 40 heavy (non-hydrogen) atoms. The standard InChI is InChI=1S/C27H20ClN9O3/c28-16-2-5-23(36-13-30-34-35-36)18(10-16)15-7-17-3-6-24(37(17)25(38)9-15)27-29-12-22(31-27)14-1-4-20-19(8-14)21(33-32-20)11-26(39)40/h1-2,4-5,7-10,12-13,24H,3,6,11H2,(H,29,31)(H,32,33)(H,39,40)/t24-/m0/s1. The summed E-state index contributed by atoms with van der Waals surface area (Å²) in [5.41, 5.74) is 5.79. The number of aromatic amines is 2. The van der Waals surface area contributed by atoms with Crippen LogP contribution in [0.4, 0.5) is 0 Å². The highest BCUT2D eigenvalue weighted by atomic mass is 35.5. The largest absolute Gasteiger partial charge is 0.481 e. The average molecular weight is 554 g/mol. The van der Waals surface area contributed by atoms with Gasteiger partial charge in [0, 0.05) is 33.3 Å². The van der Waals surface area contributed by atoms with Gasteiger partial charge in [0.1, 0.15) is 12.2 Å². The van der Waals surface area contributed by atoms with Crippen molar-refractivity contribution in [1.82, 2.24) is 44.9 Å². The van der Waals surface area contributed by atoms with E-state index in [1.807, 2.05) is 30.3 Å². The number of hydrogen-bond acceptors (Lipinski definition) is 7. The number of fused-ring (bicyclic) bond motifs is 2. The minimum atomic E-state index is -0.946. The third-order valence-corrected chi connectivity index (χ3v) is 7.42. The smallest absolute Gasteiger partial charge is 0.309 e. The molecule has 2 aromatic carbocycles. The Bertz CT molecular complexity index is 1970. The Labute approximate surface area is 230 Å². The fraction of sp³-hybridized carbons (Fsp3) is 0.148. The third kappa shape index (κ3) is 4.05. The molecule has 0 fully saturated rings. The summed E-state index contributed by atoms with van der Waals surface area (Å²) < 4.78 is 3.31. The minimum absolute atomic E-state index is 0.145. The van der Waals surface area contributed by atoms with Gasteiger partial charge in [0.2, 0.25) is 0 Å². The Morgan fingerprint density at radius 2 is 2.02 bits per heavy atom. The van der Waals surface area contributed by atoms with E-state index in [0.29, 0.717) is 35.1 Å². The number of imidazole rings is 1. The summed E-state index contributed by atoms with van der Waals surface area (Å²) in [5, 5.41) is 28.9. The van der Waals surface area contributed by atoms with Crippen LogP contribution in [0.3, 0.4) is 0 Å². The number of H-pyrrole nitrogens is 2. The number of halogens is 1. The third-order valence-electron chi connectivity index (χ3n) is 7.18. The van der Waals surface area contributed by atoms with E-state index < -0.39 is 5.97 Å². The van der Waals surface area contributed by atoms with Gasteiger partial charge in [0.25, 0.3) is 5.56 Å². The Balaban J connectivity index is 1.23. The minimum Gasteiger partial charge on any atom is -0.481 e. The van der Waals surface area contributed by atoms with Crippen LogP contribution in [0.1, 0.15) is 29.7 Å². The number of carboxylic acid groups (broad SMARTS) is 1. The molecule has 13 heteroatoms. The number of rotatable bonds is 6. The maximum atomic E-state index is 13.5. The molecule has 7 rings (SSSR count). The van der Waals surface area contributed by atoms with Gasteiger partial charge in [0.05, 0.1) is 41.3 Å². The highest BCUT2D eigenvalue weighted by Gasteiger charge is 2.28. The lowest BCUT2D eigenvalue weighted by atomic mass is 10.0. The maximum Gasteiger partial charge on any atom is 0.309 e. The van der Waals surface area contributed by atoms with Gasteiger partial charge in [-0.05, 0) is 65.2 Å². The van der Waals surface area contributed by atoms with Crippen molar-refractivity contribution in [3.8, 4) is 28.1 Å². The van der Waals surface area contributed by atoms with E-state index in [9.17, 15) is 14.7 Å². The molecule has 5 heterocycles. The van der Waals surface area contributed by atoms with E-state index in [1.54, 1.807) is 29.0 Å². The van der Waals surface area contributed by atoms with Gasteiger partial charge in [-0.3, -0.25) is 14.7 Å². The van der Waals surface area contributed by atoms with Crippen LogP contribution in [0.25, 0.3) is 39.0 Å². The molecule has 12 nitrogen and oxygen atoms in total. The van der Waals surface area contributed by atoms with Gasteiger partial charge in [0.15, 0.2) is 0 Å². The molecule has 1 aliphatic heterocycles. The van der Waals surface area contributed by atoms with Crippen LogP contribution in [0, 0.1) is 0 Å². The highest BCUT2D eigenvalue weighted by molar-refractivity contribution is 6.31. The average Bonchev–Trinajstić information content (AvgIpc) is 3.75. The van der Waals surface area contributed by atoms with Crippen molar-refractivity contribution in [2.75, 3.05) is 0 Å². The number of aliphatic carboxylic acids is 1. The monoisotopic (exact) mass is 553 g/mol. The zero-order chi connectivity index (χ0) is 27.4. The summed E-state index contributed by atoms with van der Waals surface area (Å²) in [6, 6.07) is 14.4. The Kier molecular flexibility index (Phi) is 5.56. The second kappa shape index (κ2) is 9.27. The molecule has 0 saturated heterocycles. The number of nitrogens with zero attached hydrogens (tertiary/aromatic N) is 7. The summed E-state index contributed by atoms with van der Waals surface area (Å²) >= 11 is 6.31. The number of hydrogen-bond donors (Lipinski definition) is 3. The summed E-state index contributed by atoms with van der Waals surface area (Å²) in [4.78, 5) is 32.7. The molecule has 1 atom stereocenters. The van der Waals surface area contributed by atoms with Crippen molar-refractivity contribution in [2.24, 2.45) is 0 Å². The molecule has 0 amide bonds. The van der Waals surface area contributed by atoms with E-state index in [4.69, 9.17) is 11.6 Å². The van der Waals surface area contributed by atoms with E-state index in [1.165, 1.54) is 11.0 Å². The van der Waals surface area contributed by atoms with Gasteiger partial charge in [-0.1, -0.05) is 17.7 Å². The Hall–Kier alpha value is -5.10. The van der Waals surface area contributed by atoms with Crippen LogP contribution in [0.2, 0.25) is 5.02 Å². The number of pyridine rings is 1. The SMILES string of the molecule is O=C(O)Cc1n[nH]c2ccc(-c3cnc([C@@H]4CCc5cc(-c6cc(Cl)ccc6-n6cnnn6)cc(=O)n54)[nH]3)cc12. The predicted molar refractivity (Wildman–Crippen MR) is 145 cm³/mol. The first-order valence-corrected chi connectivity index (χ1v) is 12.9. The highest BCUT2D eigenvalue weighted by Crippen LogP contribution is 2.34. The van der Waals surface area contributed by atoms with Crippen molar-refractivity contribution < 1.29 is 9.90 Å². The predicted octanol–water partition coefficient (Wildman–Crippen LogP) is 3.57. The van der Waals surface area contributed by atoms with Gasteiger partial charge in [-0.25, -0.2) is 4.98 Å². The first kappa shape index (κ1) is 24.0. The van der Waals surface area contributed by atoms with E-state index in [2.05, 4.69) is 35.7 Å². The Morgan fingerprint density at radius 3 is 2.85 bits per heavy atom. The van der Waals surface area contributed by atoms with Gasteiger partial charge in [-0.15, -0.1) is 5.10 Å². The van der Waals surface area contributed by atoms with Crippen LogP contribution in [-0.4, -0.2) is 56.0 Å². The van der Waals surface area contributed by atoms with E-state index in [-0.39, 0.29) is 18.0 Å². The molecule has 0 radical (unpaired) electrons. The lowest BCUT2D eigenvalue weighted by molar-refractivity contribution is -0.136. The van der Waals surface area contributed by atoms with Crippen LogP contribution in [0.15, 0.2) is 65.8 Å². The van der Waals surface area contributed by atoms with E-state index >= 15 is 0 Å². The molecule has 4 aromatic heterocycles. The molecule has 3 N–H and O–H groups in total. The first-order valence-electron chi connectivity index (χ1n) is 12.5. The zero-order valence-electron chi connectivity index (χ0n) is 20.7. The Morgan fingerprint density at radius 1 is 1.12 bits per heavy atom. The second-order valence-electron chi connectivity index (χ2n) is 9.60. The summed E-state index contributed by atoms with van der Waals surface area (Å²) in [5.74, 6) is -0.267. The topological polar surface area (TPSA) is 160 Å². The molecule has 6 aromatic rings. The summed E-state index contributed by atoms with van der Waals surface area (Å²) in [6.07, 6.45) is 4.46. The van der Waals surface area contributed by atoms with Crippen LogP contribution >= 0.6 is 11.6 Å². The van der Waals surface area contributed by atoms with Crippen LogP contribution in [0.5, 0.6) is 0 Å². The molecule has 0 spiro atoms. The van der Waals surface area contributed by atoms with Crippen LogP contribution < -0.4 is 5.56 Å². The van der Waals surface area contributed by atoms with Gasteiger partial charge >= 0.3 is 5.97 Å². The molecule has 0 unspecified atom stereocenters. The molecule has 1 aliphatic rings. The maximum absolute atomic E-state index is 13.5. The van der Waals surface area contributed by atoms with Crippen molar-refractivity contribution >= 4 is 28.5 Å². The molecule has 0 bridgehead atoms. The van der Waals surface area contributed by atoms with Crippen LogP contribution in [-0.2, 0) is 17.6 Å². The number of nitrogens with one attached hydrogen (secondary N) is 2.